The zero-order valence-corrected chi connectivity index (χ0v) is 18.6. The molecule has 7 nitrogen and oxygen atoms in total. The van der Waals surface area contributed by atoms with Crippen LogP contribution in [-0.4, -0.2) is 24.8 Å². The molecule has 1 heterocycles. The van der Waals surface area contributed by atoms with Gasteiger partial charge in [0.1, 0.15) is 16.5 Å². The molecule has 0 unspecified atom stereocenters. The Morgan fingerprint density at radius 2 is 1.64 bits per heavy atom. The molecule has 3 aromatic rings. The van der Waals surface area contributed by atoms with Crippen molar-refractivity contribution in [2.75, 3.05) is 22.6 Å². The Labute approximate surface area is 195 Å². The first kappa shape index (κ1) is 22.1. The highest BCUT2D eigenvalue weighted by Crippen LogP contribution is 2.35. The Morgan fingerprint density at radius 3 is 2.36 bits per heavy atom. The molecule has 0 atom stereocenters. The number of anilines is 3. The van der Waals surface area contributed by atoms with Crippen LogP contribution in [0.2, 0.25) is 0 Å². The van der Waals surface area contributed by atoms with Crippen LogP contribution in [0.15, 0.2) is 83.5 Å². The summed E-state index contributed by atoms with van der Waals surface area (Å²) in [4.78, 5) is 39.4. The van der Waals surface area contributed by atoms with E-state index in [4.69, 9.17) is 16.3 Å². The number of hydrogen-bond acceptors (Lipinski definition) is 5. The SMILES string of the molecule is COc1ccccc1N1C(=O)C(Cl)=C(Nc2cccc(C(=O)Nc3ccc(C)cc3)c2)C1=O. The minimum Gasteiger partial charge on any atom is -0.495 e. The molecule has 1 aliphatic rings. The van der Waals surface area contributed by atoms with Gasteiger partial charge in [0.15, 0.2) is 0 Å². The number of para-hydroxylation sites is 2. The van der Waals surface area contributed by atoms with Gasteiger partial charge in [-0.3, -0.25) is 14.4 Å². The van der Waals surface area contributed by atoms with Crippen LogP contribution in [0.3, 0.4) is 0 Å². The van der Waals surface area contributed by atoms with E-state index in [1.807, 2.05) is 31.2 Å². The normalized spacial score (nSPS) is 13.4. The molecule has 0 fully saturated rings. The van der Waals surface area contributed by atoms with Crippen molar-refractivity contribution in [3.05, 3.63) is 94.7 Å². The molecule has 0 aromatic heterocycles. The first-order chi connectivity index (χ1) is 15.9. The maximum absolute atomic E-state index is 13.1. The highest BCUT2D eigenvalue weighted by atomic mass is 35.5. The van der Waals surface area contributed by atoms with Gasteiger partial charge in [-0.05, 0) is 49.4 Å². The number of nitrogens with zero attached hydrogens (tertiary/aromatic N) is 1. The number of imide groups is 1. The van der Waals surface area contributed by atoms with Crippen molar-refractivity contribution in [2.45, 2.75) is 6.92 Å². The molecule has 0 spiro atoms. The van der Waals surface area contributed by atoms with Gasteiger partial charge in [0, 0.05) is 16.9 Å². The van der Waals surface area contributed by atoms with Crippen LogP contribution in [0.1, 0.15) is 15.9 Å². The molecule has 1 aliphatic heterocycles. The van der Waals surface area contributed by atoms with Crippen molar-refractivity contribution >= 4 is 46.4 Å². The van der Waals surface area contributed by atoms with E-state index >= 15 is 0 Å². The monoisotopic (exact) mass is 461 g/mol. The van der Waals surface area contributed by atoms with Gasteiger partial charge in [-0.2, -0.15) is 0 Å². The van der Waals surface area contributed by atoms with Gasteiger partial charge < -0.3 is 15.4 Å². The Morgan fingerprint density at radius 1 is 0.909 bits per heavy atom. The van der Waals surface area contributed by atoms with E-state index in [1.165, 1.54) is 7.11 Å². The third-order valence-electron chi connectivity index (χ3n) is 5.06. The highest BCUT2D eigenvalue weighted by molar-refractivity contribution is 6.53. The fraction of sp³-hybridized carbons (Fsp3) is 0.0800. The molecule has 4 rings (SSSR count). The van der Waals surface area contributed by atoms with Crippen molar-refractivity contribution in [3.8, 4) is 5.75 Å². The summed E-state index contributed by atoms with van der Waals surface area (Å²) in [5.41, 5.74) is 2.76. The van der Waals surface area contributed by atoms with E-state index in [9.17, 15) is 14.4 Å². The van der Waals surface area contributed by atoms with E-state index in [0.29, 0.717) is 22.7 Å². The standard InChI is InChI=1S/C25H20ClN3O4/c1-15-10-12-17(13-11-15)28-23(30)16-6-5-7-18(14-16)27-22-21(26)24(31)29(25(22)32)19-8-3-4-9-20(19)33-2/h3-14,27H,1-2H3,(H,28,30). The van der Waals surface area contributed by atoms with Crippen molar-refractivity contribution < 1.29 is 19.1 Å². The predicted molar refractivity (Wildman–Crippen MR) is 128 cm³/mol. The number of ether oxygens (including phenoxy) is 1. The minimum atomic E-state index is -0.665. The molecule has 0 bridgehead atoms. The second-order valence-corrected chi connectivity index (χ2v) is 7.71. The number of amides is 3. The molecule has 0 saturated carbocycles. The lowest BCUT2D eigenvalue weighted by molar-refractivity contribution is -0.120. The Kier molecular flexibility index (Phi) is 6.15. The molecule has 0 radical (unpaired) electrons. The summed E-state index contributed by atoms with van der Waals surface area (Å²) in [6.07, 6.45) is 0. The zero-order chi connectivity index (χ0) is 23.5. The summed E-state index contributed by atoms with van der Waals surface area (Å²) in [6, 6.07) is 20.6. The lowest BCUT2D eigenvalue weighted by Gasteiger charge is -2.18. The van der Waals surface area contributed by atoms with Crippen LogP contribution >= 0.6 is 11.6 Å². The van der Waals surface area contributed by atoms with E-state index < -0.39 is 11.8 Å². The summed E-state index contributed by atoms with van der Waals surface area (Å²) in [6.45, 7) is 1.96. The number of rotatable bonds is 6. The second-order valence-electron chi connectivity index (χ2n) is 7.33. The van der Waals surface area contributed by atoms with Gasteiger partial charge in [-0.1, -0.05) is 47.5 Å². The van der Waals surface area contributed by atoms with E-state index in [1.54, 1.807) is 48.5 Å². The number of benzene rings is 3. The molecular formula is C25H20ClN3O4. The molecular weight excluding hydrogens is 442 g/mol. The number of methoxy groups -OCH3 is 1. The number of carbonyl (C=O) groups is 3. The molecule has 2 N–H and O–H groups in total. The van der Waals surface area contributed by atoms with Crippen LogP contribution in [-0.2, 0) is 9.59 Å². The Hall–Kier alpha value is -4.10. The number of hydrogen-bond donors (Lipinski definition) is 2. The zero-order valence-electron chi connectivity index (χ0n) is 17.9. The third kappa shape index (κ3) is 4.44. The van der Waals surface area contributed by atoms with Crippen molar-refractivity contribution in [1.82, 2.24) is 0 Å². The van der Waals surface area contributed by atoms with Crippen LogP contribution in [0.5, 0.6) is 5.75 Å². The van der Waals surface area contributed by atoms with Gasteiger partial charge >= 0.3 is 0 Å². The average molecular weight is 462 g/mol. The molecule has 8 heteroatoms. The molecule has 3 aromatic carbocycles. The summed E-state index contributed by atoms with van der Waals surface area (Å²) in [5, 5.41) is 5.46. The summed E-state index contributed by atoms with van der Waals surface area (Å²) < 4.78 is 5.27. The van der Waals surface area contributed by atoms with Crippen LogP contribution in [0.25, 0.3) is 0 Å². The van der Waals surface area contributed by atoms with Gasteiger partial charge in [-0.25, -0.2) is 4.90 Å². The molecule has 0 saturated heterocycles. The maximum atomic E-state index is 13.1. The van der Waals surface area contributed by atoms with Crippen LogP contribution in [0.4, 0.5) is 17.1 Å². The van der Waals surface area contributed by atoms with Gasteiger partial charge in [0.2, 0.25) is 0 Å². The summed E-state index contributed by atoms with van der Waals surface area (Å²) >= 11 is 6.22. The number of aryl methyl sites for hydroxylation is 1. The summed E-state index contributed by atoms with van der Waals surface area (Å²) in [7, 11) is 1.45. The van der Waals surface area contributed by atoms with Crippen LogP contribution in [0, 0.1) is 6.92 Å². The van der Waals surface area contributed by atoms with E-state index in [2.05, 4.69) is 10.6 Å². The summed E-state index contributed by atoms with van der Waals surface area (Å²) in [5.74, 6) is -1.24. The fourth-order valence-corrected chi connectivity index (χ4v) is 3.58. The van der Waals surface area contributed by atoms with Crippen molar-refractivity contribution in [1.29, 1.82) is 0 Å². The first-order valence-electron chi connectivity index (χ1n) is 10.1. The Bertz CT molecular complexity index is 1280. The number of halogens is 1. The average Bonchev–Trinajstić information content (AvgIpc) is 3.03. The minimum absolute atomic E-state index is 0.0799. The quantitative estimate of drug-likeness (QED) is 0.520. The highest BCUT2D eigenvalue weighted by Gasteiger charge is 2.40. The Balaban J connectivity index is 1.55. The predicted octanol–water partition coefficient (Wildman–Crippen LogP) is 4.69. The molecule has 33 heavy (non-hydrogen) atoms. The topological polar surface area (TPSA) is 87.7 Å². The maximum Gasteiger partial charge on any atom is 0.283 e. The fourth-order valence-electron chi connectivity index (χ4n) is 3.37. The smallest absolute Gasteiger partial charge is 0.283 e. The van der Waals surface area contributed by atoms with Crippen LogP contribution < -0.4 is 20.3 Å². The first-order valence-corrected chi connectivity index (χ1v) is 10.4. The number of carbonyl (C=O) groups excluding carboxylic acids is 3. The van der Waals surface area contributed by atoms with Gasteiger partial charge in [-0.15, -0.1) is 0 Å². The van der Waals surface area contributed by atoms with Gasteiger partial charge in [0.05, 0.1) is 12.8 Å². The van der Waals surface area contributed by atoms with Crippen molar-refractivity contribution in [2.24, 2.45) is 0 Å². The molecule has 0 aliphatic carbocycles. The van der Waals surface area contributed by atoms with Crippen molar-refractivity contribution in [3.63, 3.8) is 0 Å². The third-order valence-corrected chi connectivity index (χ3v) is 5.41. The molecule has 166 valence electrons. The lowest BCUT2D eigenvalue weighted by atomic mass is 10.1. The second kappa shape index (κ2) is 9.18. The number of nitrogens with one attached hydrogen (secondary N) is 2. The van der Waals surface area contributed by atoms with E-state index in [0.717, 1.165) is 10.5 Å². The molecule has 3 amide bonds. The lowest BCUT2D eigenvalue weighted by Crippen LogP contribution is -2.32. The van der Waals surface area contributed by atoms with E-state index in [-0.39, 0.29) is 22.3 Å². The van der Waals surface area contributed by atoms with Gasteiger partial charge in [0.25, 0.3) is 17.7 Å². The largest absolute Gasteiger partial charge is 0.495 e.